The Kier molecular flexibility index (Phi) is 4.40. The molecule has 5 nitrogen and oxygen atoms in total. The van der Waals surface area contributed by atoms with Crippen LogP contribution in [-0.2, 0) is 11.8 Å². The van der Waals surface area contributed by atoms with Crippen molar-refractivity contribution in [3.63, 3.8) is 0 Å². The second-order valence-electron chi connectivity index (χ2n) is 5.40. The molecule has 1 heterocycles. The van der Waals surface area contributed by atoms with Gasteiger partial charge in [0.15, 0.2) is 5.16 Å². The van der Waals surface area contributed by atoms with Crippen molar-refractivity contribution in [2.75, 3.05) is 5.32 Å². The zero-order valence-corrected chi connectivity index (χ0v) is 14.0. The van der Waals surface area contributed by atoms with E-state index in [-0.39, 0.29) is 11.2 Å². The number of para-hydroxylation sites is 1. The van der Waals surface area contributed by atoms with Gasteiger partial charge in [0, 0.05) is 13.0 Å². The highest BCUT2D eigenvalue weighted by atomic mass is 35.5. The quantitative estimate of drug-likeness (QED) is 0.849. The van der Waals surface area contributed by atoms with Gasteiger partial charge in [-0.05, 0) is 31.9 Å². The SMILES string of the molecule is C[C@@H](Sc1nnc(C2CC2)n1C)C(=O)Nc1ccccc1Cl. The molecule has 1 aliphatic carbocycles. The minimum atomic E-state index is -0.286. The molecular formula is C15H17ClN4OS. The van der Waals surface area contributed by atoms with Crippen LogP contribution in [0.25, 0.3) is 0 Å². The lowest BCUT2D eigenvalue weighted by molar-refractivity contribution is -0.115. The number of nitrogens with one attached hydrogen (secondary N) is 1. The van der Waals surface area contributed by atoms with Crippen molar-refractivity contribution in [1.29, 1.82) is 0 Å². The number of halogens is 1. The highest BCUT2D eigenvalue weighted by molar-refractivity contribution is 8.00. The Morgan fingerprint density at radius 2 is 2.14 bits per heavy atom. The number of hydrogen-bond acceptors (Lipinski definition) is 4. The summed E-state index contributed by atoms with van der Waals surface area (Å²) in [6, 6.07) is 7.20. The fourth-order valence-electron chi connectivity index (χ4n) is 2.13. The number of aromatic nitrogens is 3. The molecule has 1 amide bonds. The van der Waals surface area contributed by atoms with E-state index in [4.69, 9.17) is 11.6 Å². The molecular weight excluding hydrogens is 320 g/mol. The number of amides is 1. The minimum absolute atomic E-state index is 0.103. The summed E-state index contributed by atoms with van der Waals surface area (Å²) in [5.41, 5.74) is 0.623. The van der Waals surface area contributed by atoms with Crippen LogP contribution in [-0.4, -0.2) is 25.9 Å². The molecule has 0 saturated heterocycles. The van der Waals surface area contributed by atoms with E-state index in [1.165, 1.54) is 24.6 Å². The summed E-state index contributed by atoms with van der Waals surface area (Å²) in [5, 5.41) is 12.3. The van der Waals surface area contributed by atoms with Gasteiger partial charge in [0.05, 0.1) is 16.0 Å². The number of carbonyl (C=O) groups is 1. The van der Waals surface area contributed by atoms with E-state index >= 15 is 0 Å². The Morgan fingerprint density at radius 1 is 1.41 bits per heavy atom. The Labute approximate surface area is 138 Å². The first-order valence-corrected chi connectivity index (χ1v) is 8.43. The summed E-state index contributed by atoms with van der Waals surface area (Å²) < 4.78 is 1.99. The largest absolute Gasteiger partial charge is 0.324 e. The molecule has 0 unspecified atom stereocenters. The van der Waals surface area contributed by atoms with Crippen LogP contribution in [0.3, 0.4) is 0 Å². The minimum Gasteiger partial charge on any atom is -0.324 e. The molecule has 1 aromatic heterocycles. The molecule has 1 aliphatic rings. The summed E-state index contributed by atoms with van der Waals surface area (Å²) in [6.07, 6.45) is 2.36. The van der Waals surface area contributed by atoms with E-state index in [2.05, 4.69) is 15.5 Å². The monoisotopic (exact) mass is 336 g/mol. The number of carbonyl (C=O) groups excluding carboxylic acids is 1. The second kappa shape index (κ2) is 6.30. The molecule has 2 aromatic rings. The van der Waals surface area contributed by atoms with Crippen molar-refractivity contribution in [3.8, 4) is 0 Å². The van der Waals surface area contributed by atoms with Gasteiger partial charge in [-0.1, -0.05) is 35.5 Å². The van der Waals surface area contributed by atoms with Gasteiger partial charge in [-0.2, -0.15) is 0 Å². The van der Waals surface area contributed by atoms with E-state index in [9.17, 15) is 4.79 Å². The molecule has 0 bridgehead atoms. The molecule has 7 heteroatoms. The first kappa shape index (κ1) is 15.4. The van der Waals surface area contributed by atoms with Crippen molar-refractivity contribution in [1.82, 2.24) is 14.8 Å². The number of nitrogens with zero attached hydrogens (tertiary/aromatic N) is 3. The summed E-state index contributed by atoms with van der Waals surface area (Å²) >= 11 is 7.46. The molecule has 1 atom stereocenters. The molecule has 22 heavy (non-hydrogen) atoms. The molecule has 1 saturated carbocycles. The standard InChI is InChI=1S/C15H17ClN4OS/c1-9(14(21)17-12-6-4-3-5-11(12)16)22-15-19-18-13(20(15)2)10-7-8-10/h3-6,9-10H,7-8H2,1-2H3,(H,17,21)/t9-/m1/s1. The van der Waals surface area contributed by atoms with E-state index in [1.807, 2.05) is 30.7 Å². The molecule has 0 radical (unpaired) electrons. The van der Waals surface area contributed by atoms with Crippen molar-refractivity contribution < 1.29 is 4.79 Å². The fraction of sp³-hybridized carbons (Fsp3) is 0.400. The van der Waals surface area contributed by atoms with Gasteiger partial charge >= 0.3 is 0 Å². The molecule has 0 aliphatic heterocycles. The highest BCUT2D eigenvalue weighted by Gasteiger charge is 2.30. The zero-order chi connectivity index (χ0) is 15.7. The summed E-state index contributed by atoms with van der Waals surface area (Å²) in [5.74, 6) is 1.45. The average molecular weight is 337 g/mol. The molecule has 0 spiro atoms. The van der Waals surface area contributed by atoms with Gasteiger partial charge in [-0.3, -0.25) is 4.79 Å². The molecule has 3 rings (SSSR count). The van der Waals surface area contributed by atoms with Gasteiger partial charge in [-0.25, -0.2) is 0 Å². The Morgan fingerprint density at radius 3 is 2.82 bits per heavy atom. The molecule has 116 valence electrons. The van der Waals surface area contributed by atoms with Crippen LogP contribution in [0.5, 0.6) is 0 Å². The van der Waals surface area contributed by atoms with Crippen LogP contribution in [0, 0.1) is 0 Å². The van der Waals surface area contributed by atoms with E-state index in [1.54, 1.807) is 12.1 Å². The van der Waals surface area contributed by atoms with Crippen molar-refractivity contribution in [2.45, 2.75) is 36.1 Å². The van der Waals surface area contributed by atoms with Crippen LogP contribution in [0.4, 0.5) is 5.69 Å². The Balaban J connectivity index is 1.65. The predicted octanol–water partition coefficient (Wildman–Crippen LogP) is 3.47. The van der Waals surface area contributed by atoms with Gasteiger partial charge in [0.2, 0.25) is 5.91 Å². The molecule has 1 N–H and O–H groups in total. The van der Waals surface area contributed by atoms with Crippen LogP contribution < -0.4 is 5.32 Å². The normalized spacial score (nSPS) is 15.6. The maximum absolute atomic E-state index is 12.3. The predicted molar refractivity (Wildman–Crippen MR) is 88.4 cm³/mol. The summed E-state index contributed by atoms with van der Waals surface area (Å²) in [4.78, 5) is 12.3. The van der Waals surface area contributed by atoms with Crippen LogP contribution >= 0.6 is 23.4 Å². The number of anilines is 1. The molecule has 1 fully saturated rings. The van der Waals surface area contributed by atoms with Crippen molar-refractivity contribution >= 4 is 35.0 Å². The van der Waals surface area contributed by atoms with Gasteiger partial charge < -0.3 is 9.88 Å². The fourth-order valence-corrected chi connectivity index (χ4v) is 3.14. The lowest BCUT2D eigenvalue weighted by Crippen LogP contribution is -2.23. The highest BCUT2D eigenvalue weighted by Crippen LogP contribution is 2.39. The average Bonchev–Trinajstić information content (AvgIpc) is 3.27. The third-order valence-corrected chi connectivity index (χ3v) is 5.06. The lowest BCUT2D eigenvalue weighted by atomic mass is 10.3. The zero-order valence-electron chi connectivity index (χ0n) is 12.4. The third-order valence-electron chi connectivity index (χ3n) is 3.59. The number of hydrogen-bond donors (Lipinski definition) is 1. The number of benzene rings is 1. The van der Waals surface area contributed by atoms with Gasteiger partial charge in [0.25, 0.3) is 0 Å². The maximum atomic E-state index is 12.3. The first-order valence-electron chi connectivity index (χ1n) is 7.17. The van der Waals surface area contributed by atoms with Crippen LogP contribution in [0.2, 0.25) is 5.02 Å². The van der Waals surface area contributed by atoms with E-state index in [0.717, 1.165) is 11.0 Å². The summed E-state index contributed by atoms with van der Waals surface area (Å²) in [7, 11) is 1.95. The Bertz CT molecular complexity index is 699. The van der Waals surface area contributed by atoms with Crippen LogP contribution in [0.15, 0.2) is 29.4 Å². The van der Waals surface area contributed by atoms with Crippen molar-refractivity contribution in [3.05, 3.63) is 35.1 Å². The van der Waals surface area contributed by atoms with Gasteiger partial charge in [-0.15, -0.1) is 10.2 Å². The van der Waals surface area contributed by atoms with E-state index in [0.29, 0.717) is 16.6 Å². The smallest absolute Gasteiger partial charge is 0.237 e. The van der Waals surface area contributed by atoms with Crippen molar-refractivity contribution in [2.24, 2.45) is 7.05 Å². The second-order valence-corrected chi connectivity index (χ2v) is 7.12. The summed E-state index contributed by atoms with van der Waals surface area (Å²) in [6.45, 7) is 1.85. The molecule has 1 aromatic carbocycles. The lowest BCUT2D eigenvalue weighted by Gasteiger charge is -2.12. The third kappa shape index (κ3) is 3.28. The van der Waals surface area contributed by atoms with Crippen LogP contribution in [0.1, 0.15) is 31.5 Å². The number of rotatable bonds is 5. The first-order chi connectivity index (χ1) is 10.6. The van der Waals surface area contributed by atoms with E-state index < -0.39 is 0 Å². The topological polar surface area (TPSA) is 59.8 Å². The Hall–Kier alpha value is -1.53. The van der Waals surface area contributed by atoms with Gasteiger partial charge in [0.1, 0.15) is 5.82 Å². The number of thioether (sulfide) groups is 1. The maximum Gasteiger partial charge on any atom is 0.237 e.